The van der Waals surface area contributed by atoms with Gasteiger partial charge in [-0.15, -0.1) is 0 Å². The number of nitrogens with one attached hydrogen (secondary N) is 2. The Balaban J connectivity index is 1.70. The lowest BCUT2D eigenvalue weighted by Crippen LogP contribution is -2.36. The Labute approximate surface area is 184 Å². The summed E-state index contributed by atoms with van der Waals surface area (Å²) in [6.07, 6.45) is -8.82. The number of carbonyl (C=O) groups excluding carboxylic acids is 1. The van der Waals surface area contributed by atoms with Gasteiger partial charge in [-0.25, -0.2) is 4.68 Å². The molecule has 174 valence electrons. The SMILES string of the molecule is Cc1ccc([C@@H]2C[C@H](C(F)(F)F)n3ncc(C(=O)Nc4ccccc4C(F)(F)F)c3N2)cc1. The van der Waals surface area contributed by atoms with E-state index in [1.54, 1.807) is 24.3 Å². The first-order valence-electron chi connectivity index (χ1n) is 9.90. The molecule has 0 spiro atoms. The van der Waals surface area contributed by atoms with Gasteiger partial charge in [-0.1, -0.05) is 42.0 Å². The van der Waals surface area contributed by atoms with E-state index in [4.69, 9.17) is 0 Å². The van der Waals surface area contributed by atoms with Crippen molar-refractivity contribution >= 4 is 17.4 Å². The summed E-state index contributed by atoms with van der Waals surface area (Å²) in [6.45, 7) is 1.84. The Morgan fingerprint density at radius 3 is 2.36 bits per heavy atom. The van der Waals surface area contributed by atoms with Crippen LogP contribution >= 0.6 is 0 Å². The zero-order valence-corrected chi connectivity index (χ0v) is 17.1. The molecule has 33 heavy (non-hydrogen) atoms. The minimum absolute atomic E-state index is 0.212. The third-order valence-corrected chi connectivity index (χ3v) is 5.44. The number of hydrogen-bond donors (Lipinski definition) is 2. The minimum Gasteiger partial charge on any atom is -0.363 e. The molecule has 2 heterocycles. The Hall–Kier alpha value is -3.50. The van der Waals surface area contributed by atoms with Crippen molar-refractivity contribution < 1.29 is 31.1 Å². The second-order valence-electron chi connectivity index (χ2n) is 7.75. The lowest BCUT2D eigenvalue weighted by molar-refractivity contribution is -0.173. The smallest absolute Gasteiger partial charge is 0.363 e. The quantitative estimate of drug-likeness (QED) is 0.455. The molecular formula is C22H18F6N4O. The van der Waals surface area contributed by atoms with Crippen LogP contribution in [0.5, 0.6) is 0 Å². The zero-order chi connectivity index (χ0) is 24.0. The molecule has 1 aliphatic rings. The van der Waals surface area contributed by atoms with Crippen molar-refractivity contribution in [1.82, 2.24) is 9.78 Å². The van der Waals surface area contributed by atoms with Crippen LogP contribution in [0, 0.1) is 6.92 Å². The van der Waals surface area contributed by atoms with Gasteiger partial charge in [-0.05, 0) is 24.6 Å². The lowest BCUT2D eigenvalue weighted by atomic mass is 9.96. The number of nitrogens with zero attached hydrogens (tertiary/aromatic N) is 2. The first kappa shape index (κ1) is 22.7. The highest BCUT2D eigenvalue weighted by atomic mass is 19.4. The predicted molar refractivity (Wildman–Crippen MR) is 109 cm³/mol. The minimum atomic E-state index is -4.72. The maximum Gasteiger partial charge on any atom is 0.418 e. The predicted octanol–water partition coefficient (Wildman–Crippen LogP) is 6.12. The number of anilines is 2. The van der Waals surface area contributed by atoms with Crippen LogP contribution in [0.3, 0.4) is 0 Å². The van der Waals surface area contributed by atoms with E-state index in [-0.39, 0.29) is 17.8 Å². The van der Waals surface area contributed by atoms with Gasteiger partial charge in [-0.3, -0.25) is 4.79 Å². The second-order valence-corrected chi connectivity index (χ2v) is 7.75. The van der Waals surface area contributed by atoms with Gasteiger partial charge in [0.1, 0.15) is 11.4 Å². The molecule has 0 saturated heterocycles. The van der Waals surface area contributed by atoms with Gasteiger partial charge < -0.3 is 10.6 Å². The molecule has 0 unspecified atom stereocenters. The standard InChI is InChI=1S/C22H18F6N4O/c1-12-6-8-13(9-7-12)17-10-18(22(26,27)28)32-19(30-17)14(11-29-32)20(33)31-16-5-3-2-4-15(16)21(23,24)25/h2-9,11,17-18,30H,10H2,1H3,(H,31,33)/t17-,18+/m0/s1. The Kier molecular flexibility index (Phi) is 5.59. The van der Waals surface area contributed by atoms with Crippen LogP contribution in [-0.4, -0.2) is 21.9 Å². The van der Waals surface area contributed by atoms with E-state index in [9.17, 15) is 31.1 Å². The first-order chi connectivity index (χ1) is 15.4. The molecule has 2 N–H and O–H groups in total. The van der Waals surface area contributed by atoms with E-state index >= 15 is 0 Å². The second kappa shape index (κ2) is 8.13. The number of rotatable bonds is 3. The van der Waals surface area contributed by atoms with E-state index in [2.05, 4.69) is 15.7 Å². The van der Waals surface area contributed by atoms with Crippen LogP contribution in [0.4, 0.5) is 37.8 Å². The van der Waals surface area contributed by atoms with E-state index in [1.807, 2.05) is 6.92 Å². The largest absolute Gasteiger partial charge is 0.418 e. The van der Waals surface area contributed by atoms with E-state index in [0.29, 0.717) is 10.2 Å². The summed E-state index contributed by atoms with van der Waals surface area (Å²) >= 11 is 0. The normalized spacial score (nSPS) is 18.4. The molecule has 5 nitrogen and oxygen atoms in total. The zero-order valence-electron chi connectivity index (χ0n) is 17.1. The van der Waals surface area contributed by atoms with Crippen LogP contribution in [0.15, 0.2) is 54.7 Å². The van der Waals surface area contributed by atoms with Gasteiger partial charge in [0.15, 0.2) is 6.04 Å². The highest BCUT2D eigenvalue weighted by Gasteiger charge is 2.47. The average Bonchev–Trinajstić information content (AvgIpc) is 3.16. The molecule has 4 rings (SSSR count). The highest BCUT2D eigenvalue weighted by molar-refractivity contribution is 6.08. The Morgan fingerprint density at radius 2 is 1.73 bits per heavy atom. The third-order valence-electron chi connectivity index (χ3n) is 5.44. The third kappa shape index (κ3) is 4.53. The van der Waals surface area contributed by atoms with E-state index in [1.165, 1.54) is 12.1 Å². The van der Waals surface area contributed by atoms with Crippen molar-refractivity contribution in [2.45, 2.75) is 37.8 Å². The monoisotopic (exact) mass is 468 g/mol. The fraction of sp³-hybridized carbons (Fsp3) is 0.273. The van der Waals surface area contributed by atoms with Crippen molar-refractivity contribution in [2.24, 2.45) is 0 Å². The fourth-order valence-corrected chi connectivity index (χ4v) is 3.78. The van der Waals surface area contributed by atoms with E-state index in [0.717, 1.165) is 23.9 Å². The molecule has 0 fully saturated rings. The average molecular weight is 468 g/mol. The van der Waals surface area contributed by atoms with Crippen molar-refractivity contribution in [2.75, 3.05) is 10.6 Å². The van der Waals surface area contributed by atoms with Crippen molar-refractivity contribution in [1.29, 1.82) is 0 Å². The van der Waals surface area contributed by atoms with Crippen LogP contribution in [-0.2, 0) is 6.18 Å². The number of hydrogen-bond acceptors (Lipinski definition) is 3. The molecule has 11 heteroatoms. The Morgan fingerprint density at radius 1 is 1.06 bits per heavy atom. The summed E-state index contributed by atoms with van der Waals surface area (Å²) in [6, 6.07) is 8.44. The van der Waals surface area contributed by atoms with Crippen molar-refractivity contribution in [3.05, 3.63) is 77.0 Å². The van der Waals surface area contributed by atoms with Crippen molar-refractivity contribution in [3.63, 3.8) is 0 Å². The maximum atomic E-state index is 13.8. The van der Waals surface area contributed by atoms with Gasteiger partial charge in [0.25, 0.3) is 5.91 Å². The van der Waals surface area contributed by atoms with Gasteiger partial charge in [0.05, 0.1) is 23.5 Å². The molecule has 1 amide bonds. The molecule has 3 aromatic rings. The summed E-state index contributed by atoms with van der Waals surface area (Å²) < 4.78 is 81.8. The molecule has 0 aliphatic carbocycles. The van der Waals surface area contributed by atoms with Crippen molar-refractivity contribution in [3.8, 4) is 0 Å². The molecule has 2 atom stereocenters. The number of benzene rings is 2. The molecule has 1 aromatic heterocycles. The highest BCUT2D eigenvalue weighted by Crippen LogP contribution is 2.44. The van der Waals surface area contributed by atoms with Crippen LogP contribution in [0.25, 0.3) is 0 Å². The lowest BCUT2D eigenvalue weighted by Gasteiger charge is -2.34. The molecular weight excluding hydrogens is 450 g/mol. The van der Waals surface area contributed by atoms with Gasteiger partial charge in [0.2, 0.25) is 0 Å². The number of carbonyl (C=O) groups is 1. The first-order valence-corrected chi connectivity index (χ1v) is 9.90. The topological polar surface area (TPSA) is 59.0 Å². The van der Waals surface area contributed by atoms with E-state index < -0.39 is 41.6 Å². The number of fused-ring (bicyclic) bond motifs is 1. The molecule has 0 saturated carbocycles. The molecule has 0 radical (unpaired) electrons. The number of aryl methyl sites for hydroxylation is 1. The maximum absolute atomic E-state index is 13.8. The number of halogens is 6. The molecule has 2 aromatic carbocycles. The number of para-hydroxylation sites is 1. The molecule has 1 aliphatic heterocycles. The van der Waals surface area contributed by atoms with Crippen LogP contribution in [0.2, 0.25) is 0 Å². The number of amides is 1. The number of aromatic nitrogens is 2. The van der Waals surface area contributed by atoms with Gasteiger partial charge in [-0.2, -0.15) is 31.4 Å². The summed E-state index contributed by atoms with van der Waals surface area (Å²) in [5.74, 6) is -1.22. The summed E-state index contributed by atoms with van der Waals surface area (Å²) in [4.78, 5) is 12.8. The molecule has 0 bridgehead atoms. The number of alkyl halides is 6. The Bertz CT molecular complexity index is 1170. The van der Waals surface area contributed by atoms with Gasteiger partial charge >= 0.3 is 12.4 Å². The summed E-state index contributed by atoms with van der Waals surface area (Å²) in [5.41, 5.74) is -0.365. The van der Waals surface area contributed by atoms with Crippen LogP contribution < -0.4 is 10.6 Å². The summed E-state index contributed by atoms with van der Waals surface area (Å²) in [7, 11) is 0. The fourth-order valence-electron chi connectivity index (χ4n) is 3.78. The van der Waals surface area contributed by atoms with Gasteiger partial charge in [0, 0.05) is 6.42 Å². The van der Waals surface area contributed by atoms with Crippen LogP contribution in [0.1, 0.15) is 45.6 Å². The summed E-state index contributed by atoms with van der Waals surface area (Å²) in [5, 5.41) is 8.80.